The topological polar surface area (TPSA) is 78.3 Å². The first kappa shape index (κ1) is 23.0. The highest BCUT2D eigenvalue weighted by Crippen LogP contribution is 2.40. The molecule has 0 aliphatic carbocycles. The highest BCUT2D eigenvalue weighted by Gasteiger charge is 2.36. The van der Waals surface area contributed by atoms with Gasteiger partial charge in [0.2, 0.25) is 5.95 Å². The maximum Gasteiger partial charge on any atom is 0.387 e. The number of ether oxygens (including phenoxy) is 2. The molecule has 0 fully saturated rings. The number of hydrogen-bond acceptors (Lipinski definition) is 6. The summed E-state index contributed by atoms with van der Waals surface area (Å²) in [5, 5.41) is 7.49. The van der Waals surface area contributed by atoms with Gasteiger partial charge in [-0.15, -0.1) is 0 Å². The predicted molar refractivity (Wildman–Crippen MR) is 112 cm³/mol. The average Bonchev–Trinajstić information content (AvgIpc) is 3.18. The number of halogens is 3. The van der Waals surface area contributed by atoms with Crippen molar-refractivity contribution in [1.82, 2.24) is 14.8 Å². The Morgan fingerprint density at radius 1 is 1.29 bits per heavy atom. The van der Waals surface area contributed by atoms with Crippen molar-refractivity contribution in [2.75, 3.05) is 11.9 Å². The molecule has 1 aromatic carbocycles. The Morgan fingerprint density at radius 2 is 2.06 bits per heavy atom. The summed E-state index contributed by atoms with van der Waals surface area (Å²) in [7, 11) is 0. The summed E-state index contributed by atoms with van der Waals surface area (Å²) in [6, 6.07) is 3.37. The third kappa shape index (κ3) is 5.52. The molecular weight excluding hydrogens is 430 g/mol. The quantitative estimate of drug-likeness (QED) is 0.386. The van der Waals surface area contributed by atoms with Crippen molar-refractivity contribution in [3.63, 3.8) is 0 Å². The van der Waals surface area contributed by atoms with Crippen molar-refractivity contribution in [2.24, 2.45) is 0 Å². The Hall–Kier alpha value is -2.68. The Bertz CT molecular complexity index is 948. The van der Waals surface area contributed by atoms with Crippen molar-refractivity contribution in [3.8, 4) is 5.75 Å². The number of carbonyl (C=O) groups is 1. The molecule has 1 N–H and O–H groups in total. The molecule has 7 nitrogen and oxygen atoms in total. The number of benzene rings is 1. The van der Waals surface area contributed by atoms with Gasteiger partial charge in [-0.1, -0.05) is 44.2 Å². The molecule has 31 heavy (non-hydrogen) atoms. The first-order valence-corrected chi connectivity index (χ1v) is 10.6. The number of aromatic nitrogens is 3. The molecule has 0 bridgehead atoms. The SMILES string of the molecule is CCCCCCCOC(=O)C1=C(C)Nc2ncnn2[C@H]1c1cc(Cl)ccc1OC(F)F. The normalized spacial score (nSPS) is 15.6. The van der Waals surface area contributed by atoms with Gasteiger partial charge in [0.15, 0.2) is 0 Å². The second-order valence-corrected chi connectivity index (χ2v) is 7.64. The smallest absolute Gasteiger partial charge is 0.387 e. The number of alkyl halides is 2. The minimum atomic E-state index is -3.04. The summed E-state index contributed by atoms with van der Waals surface area (Å²) in [5.74, 6) is -0.304. The highest BCUT2D eigenvalue weighted by atomic mass is 35.5. The molecule has 1 aromatic heterocycles. The molecule has 1 aliphatic heterocycles. The van der Waals surface area contributed by atoms with E-state index in [2.05, 4.69) is 22.3 Å². The van der Waals surface area contributed by atoms with Gasteiger partial charge in [-0.2, -0.15) is 18.9 Å². The van der Waals surface area contributed by atoms with Crippen molar-refractivity contribution < 1.29 is 23.0 Å². The molecule has 10 heteroatoms. The highest BCUT2D eigenvalue weighted by molar-refractivity contribution is 6.30. The molecule has 0 saturated carbocycles. The lowest BCUT2D eigenvalue weighted by Gasteiger charge is -2.29. The molecule has 0 amide bonds. The lowest BCUT2D eigenvalue weighted by molar-refractivity contribution is -0.139. The van der Waals surface area contributed by atoms with Gasteiger partial charge in [0.05, 0.1) is 12.2 Å². The summed E-state index contributed by atoms with van der Waals surface area (Å²) in [4.78, 5) is 17.2. The van der Waals surface area contributed by atoms with Gasteiger partial charge in [-0.3, -0.25) is 0 Å². The number of allylic oxidation sites excluding steroid dienone is 1. The molecule has 2 aromatic rings. The Labute approximate surface area is 184 Å². The summed E-state index contributed by atoms with van der Waals surface area (Å²) in [6.45, 7) is 1.06. The minimum absolute atomic E-state index is 0.106. The van der Waals surface area contributed by atoms with E-state index in [4.69, 9.17) is 21.1 Å². The molecule has 2 heterocycles. The number of nitrogens with one attached hydrogen (secondary N) is 1. The van der Waals surface area contributed by atoms with E-state index in [0.717, 1.165) is 32.1 Å². The standard InChI is InChI=1S/C21H25ClF2N4O3/c1-3-4-5-6-7-10-30-19(29)17-13(2)27-21-25-12-26-28(21)18(17)15-11-14(22)8-9-16(15)31-20(23)24/h8-9,11-12,18,20H,3-7,10H2,1-2H3,(H,25,26,27)/t18-/m0/s1. The van der Waals surface area contributed by atoms with Gasteiger partial charge in [0, 0.05) is 16.3 Å². The van der Waals surface area contributed by atoms with Gasteiger partial charge in [0.25, 0.3) is 0 Å². The second kappa shape index (κ2) is 10.6. The van der Waals surface area contributed by atoms with Gasteiger partial charge < -0.3 is 14.8 Å². The zero-order valence-electron chi connectivity index (χ0n) is 17.4. The van der Waals surface area contributed by atoms with Gasteiger partial charge in [-0.05, 0) is 31.5 Å². The first-order valence-electron chi connectivity index (χ1n) is 10.2. The van der Waals surface area contributed by atoms with Crippen LogP contribution in [0, 0.1) is 0 Å². The molecule has 0 spiro atoms. The fourth-order valence-electron chi connectivity index (χ4n) is 3.53. The van der Waals surface area contributed by atoms with Crippen LogP contribution in [0.3, 0.4) is 0 Å². The van der Waals surface area contributed by atoms with Crippen molar-refractivity contribution in [1.29, 1.82) is 0 Å². The average molecular weight is 455 g/mol. The first-order chi connectivity index (χ1) is 14.9. The van der Waals surface area contributed by atoms with E-state index in [1.54, 1.807) is 6.92 Å². The van der Waals surface area contributed by atoms with Crippen molar-refractivity contribution in [3.05, 3.63) is 46.4 Å². The Balaban J connectivity index is 1.91. The number of hydrogen-bond donors (Lipinski definition) is 1. The van der Waals surface area contributed by atoms with Gasteiger partial charge >= 0.3 is 12.6 Å². The lowest BCUT2D eigenvalue weighted by atomic mass is 9.95. The van der Waals surface area contributed by atoms with Crippen LogP contribution in [0.2, 0.25) is 5.02 Å². The monoisotopic (exact) mass is 454 g/mol. The molecule has 168 valence electrons. The van der Waals surface area contributed by atoms with Crippen LogP contribution < -0.4 is 10.1 Å². The molecule has 1 atom stereocenters. The van der Waals surface area contributed by atoms with Crippen LogP contribution in [0.5, 0.6) is 5.75 Å². The number of esters is 1. The fourth-order valence-corrected chi connectivity index (χ4v) is 3.71. The maximum absolute atomic E-state index is 13.0. The molecular formula is C21H25ClF2N4O3. The Kier molecular flexibility index (Phi) is 7.84. The summed E-state index contributed by atoms with van der Waals surface area (Å²) in [5.41, 5.74) is 0.979. The molecule has 0 unspecified atom stereocenters. The summed E-state index contributed by atoms with van der Waals surface area (Å²) < 4.78 is 37.7. The van der Waals surface area contributed by atoms with E-state index in [-0.39, 0.29) is 23.5 Å². The van der Waals surface area contributed by atoms with E-state index < -0.39 is 18.6 Å². The van der Waals surface area contributed by atoms with E-state index in [1.807, 2.05) is 0 Å². The minimum Gasteiger partial charge on any atom is -0.462 e. The van der Waals surface area contributed by atoms with Crippen LogP contribution >= 0.6 is 11.6 Å². The zero-order chi connectivity index (χ0) is 22.4. The van der Waals surface area contributed by atoms with Crippen molar-refractivity contribution >= 4 is 23.5 Å². The van der Waals surface area contributed by atoms with Crippen LogP contribution in [0.1, 0.15) is 57.6 Å². The third-order valence-electron chi connectivity index (χ3n) is 4.98. The zero-order valence-corrected chi connectivity index (χ0v) is 18.2. The van der Waals surface area contributed by atoms with Crippen LogP contribution in [-0.2, 0) is 9.53 Å². The van der Waals surface area contributed by atoms with E-state index in [0.29, 0.717) is 16.7 Å². The second-order valence-electron chi connectivity index (χ2n) is 7.21. The number of unbranched alkanes of at least 4 members (excludes halogenated alkanes) is 4. The molecule has 0 radical (unpaired) electrons. The fraction of sp³-hybridized carbons (Fsp3) is 0.476. The van der Waals surface area contributed by atoms with Crippen LogP contribution in [-0.4, -0.2) is 34.0 Å². The predicted octanol–water partition coefficient (Wildman–Crippen LogP) is 5.34. The number of nitrogens with zero attached hydrogens (tertiary/aromatic N) is 3. The van der Waals surface area contributed by atoms with Gasteiger partial charge in [0.1, 0.15) is 18.1 Å². The maximum atomic E-state index is 13.0. The molecule has 1 aliphatic rings. The third-order valence-corrected chi connectivity index (χ3v) is 5.21. The molecule has 0 saturated heterocycles. The number of anilines is 1. The summed E-state index contributed by atoms with van der Waals surface area (Å²) in [6.07, 6.45) is 6.38. The van der Waals surface area contributed by atoms with E-state index in [1.165, 1.54) is 29.2 Å². The summed E-state index contributed by atoms with van der Waals surface area (Å²) >= 11 is 6.15. The van der Waals surface area contributed by atoms with E-state index in [9.17, 15) is 13.6 Å². The van der Waals surface area contributed by atoms with Crippen LogP contribution in [0.4, 0.5) is 14.7 Å². The number of carbonyl (C=O) groups excluding carboxylic acids is 1. The Morgan fingerprint density at radius 3 is 2.81 bits per heavy atom. The van der Waals surface area contributed by atoms with Crippen molar-refractivity contribution in [2.45, 2.75) is 58.6 Å². The largest absolute Gasteiger partial charge is 0.462 e. The van der Waals surface area contributed by atoms with Crippen LogP contribution in [0.25, 0.3) is 0 Å². The lowest BCUT2D eigenvalue weighted by Crippen LogP contribution is -2.30. The number of fused-ring (bicyclic) bond motifs is 1. The molecule has 3 rings (SSSR count). The van der Waals surface area contributed by atoms with Gasteiger partial charge in [-0.25, -0.2) is 9.48 Å². The number of rotatable bonds is 10. The van der Waals surface area contributed by atoms with E-state index >= 15 is 0 Å². The van der Waals surface area contributed by atoms with Crippen LogP contribution in [0.15, 0.2) is 35.8 Å².